The van der Waals surface area contributed by atoms with Crippen LogP contribution in [0.5, 0.6) is 0 Å². The van der Waals surface area contributed by atoms with E-state index in [0.29, 0.717) is 16.2 Å². The Bertz CT molecular complexity index is 594. The summed E-state index contributed by atoms with van der Waals surface area (Å²) in [7, 11) is 0. The molecule has 0 spiro atoms. The molecular weight excluding hydrogens is 337 g/mol. The average molecular weight is 351 g/mol. The van der Waals surface area contributed by atoms with Crippen LogP contribution in [0.2, 0.25) is 0 Å². The van der Waals surface area contributed by atoms with E-state index in [-0.39, 0.29) is 6.04 Å². The maximum Gasteiger partial charge on any atom is 0.435 e. The van der Waals surface area contributed by atoms with Crippen molar-refractivity contribution in [2.75, 3.05) is 5.32 Å². The van der Waals surface area contributed by atoms with Gasteiger partial charge in [0.15, 0.2) is 11.5 Å². The van der Waals surface area contributed by atoms with Gasteiger partial charge in [0.1, 0.15) is 5.52 Å². The van der Waals surface area contributed by atoms with Gasteiger partial charge in [0, 0.05) is 29.3 Å². The van der Waals surface area contributed by atoms with E-state index in [1.807, 2.05) is 13.8 Å². The Balaban J connectivity index is 2.32. The second-order valence-corrected chi connectivity index (χ2v) is 6.26. The van der Waals surface area contributed by atoms with Gasteiger partial charge in [-0.15, -0.1) is 0 Å². The highest BCUT2D eigenvalue weighted by Crippen LogP contribution is 2.30. The fraction of sp³-hybridized carbons (Fsp3) is 0.500. The number of fused-ring (bicyclic) bond motifs is 1. The largest absolute Gasteiger partial charge is 0.435 e. The third-order valence-electron chi connectivity index (χ3n) is 2.74. The summed E-state index contributed by atoms with van der Waals surface area (Å²) < 4.78 is 39.2. The molecule has 0 amide bonds. The third-order valence-corrected chi connectivity index (χ3v) is 3.12. The Morgan fingerprint density at radius 3 is 2.70 bits per heavy atom. The average Bonchev–Trinajstić information content (AvgIpc) is 2.72. The van der Waals surface area contributed by atoms with Gasteiger partial charge in [-0.25, -0.2) is 9.50 Å². The molecule has 0 aliphatic heterocycles. The molecule has 20 heavy (non-hydrogen) atoms. The number of nitrogens with one attached hydrogen (secondary N) is 1. The van der Waals surface area contributed by atoms with E-state index >= 15 is 0 Å². The van der Waals surface area contributed by atoms with Crippen LogP contribution in [-0.4, -0.2) is 25.5 Å². The molecule has 0 fully saturated rings. The Morgan fingerprint density at radius 2 is 2.10 bits per heavy atom. The number of hydrogen-bond acceptors (Lipinski definition) is 3. The molecule has 1 N–H and O–H groups in total. The third kappa shape index (κ3) is 3.41. The van der Waals surface area contributed by atoms with E-state index < -0.39 is 11.9 Å². The van der Waals surface area contributed by atoms with Gasteiger partial charge in [-0.2, -0.15) is 18.3 Å². The smallest absolute Gasteiger partial charge is 0.366 e. The monoisotopic (exact) mass is 350 g/mol. The Morgan fingerprint density at radius 1 is 1.40 bits per heavy atom. The molecule has 4 nitrogen and oxygen atoms in total. The van der Waals surface area contributed by atoms with Crippen LogP contribution in [0.15, 0.2) is 18.5 Å². The van der Waals surface area contributed by atoms with Crippen molar-refractivity contribution in [2.45, 2.75) is 37.3 Å². The number of rotatable bonds is 4. The van der Waals surface area contributed by atoms with Crippen LogP contribution in [0.3, 0.4) is 0 Å². The highest BCUT2D eigenvalue weighted by atomic mass is 79.9. The van der Waals surface area contributed by atoms with Gasteiger partial charge in [0.05, 0.1) is 0 Å². The van der Waals surface area contributed by atoms with E-state index in [0.717, 1.165) is 12.5 Å². The first-order valence-electron chi connectivity index (χ1n) is 6.09. The minimum Gasteiger partial charge on any atom is -0.366 e. The lowest BCUT2D eigenvalue weighted by molar-refractivity contribution is -0.141. The van der Waals surface area contributed by atoms with Gasteiger partial charge in [-0.1, -0.05) is 22.9 Å². The quantitative estimate of drug-likeness (QED) is 0.854. The molecule has 2 unspecified atom stereocenters. The standard InChI is InChI=1S/C12H14BrF3N4/c1-7(13)5-8(2)18-11-9-6-10(12(14,15)16)19-20(9)4-3-17-11/h3-4,6-8H,5H2,1-2H3,(H,17,18). The SMILES string of the molecule is CC(Br)CC(C)Nc1nccn2nc(C(F)(F)F)cc12. The summed E-state index contributed by atoms with van der Waals surface area (Å²) in [5, 5.41) is 6.63. The lowest BCUT2D eigenvalue weighted by atomic mass is 10.2. The summed E-state index contributed by atoms with van der Waals surface area (Å²) in [5.41, 5.74) is -0.607. The normalized spacial score (nSPS) is 15.3. The number of aromatic nitrogens is 3. The number of nitrogens with zero attached hydrogens (tertiary/aromatic N) is 3. The van der Waals surface area contributed by atoms with Crippen LogP contribution in [-0.2, 0) is 6.18 Å². The van der Waals surface area contributed by atoms with Crippen molar-refractivity contribution in [2.24, 2.45) is 0 Å². The molecule has 0 aliphatic carbocycles. The van der Waals surface area contributed by atoms with Crippen molar-refractivity contribution in [1.29, 1.82) is 0 Å². The van der Waals surface area contributed by atoms with Crippen LogP contribution in [0, 0.1) is 0 Å². The summed E-state index contributed by atoms with van der Waals surface area (Å²) in [5.74, 6) is 0.399. The van der Waals surface area contributed by atoms with E-state index in [4.69, 9.17) is 0 Å². The molecule has 0 radical (unpaired) electrons. The van der Waals surface area contributed by atoms with Gasteiger partial charge < -0.3 is 5.32 Å². The molecule has 2 aromatic rings. The minimum absolute atomic E-state index is 0.0762. The highest BCUT2D eigenvalue weighted by Gasteiger charge is 2.34. The fourth-order valence-electron chi connectivity index (χ4n) is 1.95. The van der Waals surface area contributed by atoms with Crippen LogP contribution in [0.1, 0.15) is 26.0 Å². The molecule has 0 saturated heterocycles. The van der Waals surface area contributed by atoms with Gasteiger partial charge in [-0.3, -0.25) is 0 Å². The van der Waals surface area contributed by atoms with E-state index in [1.165, 1.54) is 16.9 Å². The van der Waals surface area contributed by atoms with Crippen LogP contribution < -0.4 is 5.32 Å². The zero-order chi connectivity index (χ0) is 14.9. The van der Waals surface area contributed by atoms with Crippen LogP contribution in [0.25, 0.3) is 5.52 Å². The summed E-state index contributed by atoms with van der Waals surface area (Å²) >= 11 is 3.44. The predicted octanol–water partition coefficient (Wildman–Crippen LogP) is 3.72. The van der Waals surface area contributed by atoms with E-state index in [2.05, 4.69) is 31.3 Å². The second-order valence-electron chi connectivity index (χ2n) is 4.69. The van der Waals surface area contributed by atoms with Crippen molar-refractivity contribution < 1.29 is 13.2 Å². The van der Waals surface area contributed by atoms with Gasteiger partial charge in [0.2, 0.25) is 0 Å². The molecule has 2 rings (SSSR count). The van der Waals surface area contributed by atoms with E-state index in [9.17, 15) is 13.2 Å². The fourth-order valence-corrected chi connectivity index (χ4v) is 2.51. The molecule has 2 atom stereocenters. The molecule has 110 valence electrons. The summed E-state index contributed by atoms with van der Waals surface area (Å²) in [6.45, 7) is 3.96. The molecule has 0 bridgehead atoms. The van der Waals surface area contributed by atoms with Crippen molar-refractivity contribution in [3.63, 3.8) is 0 Å². The highest BCUT2D eigenvalue weighted by molar-refractivity contribution is 9.09. The summed E-state index contributed by atoms with van der Waals surface area (Å²) in [6, 6.07) is 1.08. The Labute approximate surface area is 122 Å². The molecule has 0 saturated carbocycles. The number of halogens is 4. The summed E-state index contributed by atoms with van der Waals surface area (Å²) in [4.78, 5) is 4.40. The minimum atomic E-state index is -4.46. The van der Waals surface area contributed by atoms with Crippen LogP contribution in [0.4, 0.5) is 19.0 Å². The lowest BCUT2D eigenvalue weighted by Gasteiger charge is -2.16. The van der Waals surface area contributed by atoms with Gasteiger partial charge >= 0.3 is 6.18 Å². The molecule has 8 heteroatoms. The lowest BCUT2D eigenvalue weighted by Crippen LogP contribution is -2.19. The molecule has 2 heterocycles. The number of anilines is 1. The Kier molecular flexibility index (Phi) is 4.22. The number of hydrogen-bond donors (Lipinski definition) is 1. The van der Waals surface area contributed by atoms with Gasteiger partial charge in [0.25, 0.3) is 0 Å². The van der Waals surface area contributed by atoms with E-state index in [1.54, 1.807) is 0 Å². The second kappa shape index (κ2) is 5.59. The zero-order valence-corrected chi connectivity index (χ0v) is 12.5. The first kappa shape index (κ1) is 15.1. The van der Waals surface area contributed by atoms with Crippen LogP contribution >= 0.6 is 15.9 Å². The topological polar surface area (TPSA) is 42.2 Å². The van der Waals surface area contributed by atoms with Crippen molar-refractivity contribution in [3.05, 3.63) is 24.2 Å². The molecule has 0 aromatic carbocycles. The summed E-state index contributed by atoms with van der Waals surface area (Å²) in [6.07, 6.45) is -0.817. The van der Waals surface area contributed by atoms with Gasteiger partial charge in [-0.05, 0) is 13.3 Å². The predicted molar refractivity (Wildman–Crippen MR) is 74.1 cm³/mol. The first-order chi connectivity index (χ1) is 9.27. The first-order valence-corrected chi connectivity index (χ1v) is 7.01. The number of alkyl halides is 4. The van der Waals surface area contributed by atoms with Crippen molar-refractivity contribution in [3.8, 4) is 0 Å². The Hall–Kier alpha value is -1.31. The maximum atomic E-state index is 12.7. The molecular formula is C12H14BrF3N4. The van der Waals surface area contributed by atoms with Crippen molar-refractivity contribution >= 4 is 27.3 Å². The molecule has 0 aliphatic rings. The maximum absolute atomic E-state index is 12.7. The zero-order valence-electron chi connectivity index (χ0n) is 10.9. The molecule has 2 aromatic heterocycles. The van der Waals surface area contributed by atoms with Crippen molar-refractivity contribution in [1.82, 2.24) is 14.6 Å².